The van der Waals surface area contributed by atoms with Crippen molar-refractivity contribution in [2.45, 2.75) is 4.90 Å². The highest BCUT2D eigenvalue weighted by atomic mass is 32.1. The van der Waals surface area contributed by atoms with Gasteiger partial charge in [-0.05, 0) is 18.2 Å². The summed E-state index contributed by atoms with van der Waals surface area (Å²) in [5, 5.41) is 8.55. The molecule has 0 spiro atoms. The van der Waals surface area contributed by atoms with Crippen molar-refractivity contribution in [2.75, 3.05) is 5.73 Å². The van der Waals surface area contributed by atoms with Crippen LogP contribution < -0.4 is 5.73 Å². The van der Waals surface area contributed by atoms with Crippen molar-refractivity contribution in [3.05, 3.63) is 23.8 Å². The fraction of sp³-hybridized carbons (Fsp3) is 0. The third-order valence-electron chi connectivity index (χ3n) is 1.27. The summed E-state index contributed by atoms with van der Waals surface area (Å²) in [6, 6.07) is 4.52. The normalized spacial score (nSPS) is 9.55. The molecule has 4 heteroatoms. The molecule has 0 aliphatic carbocycles. The van der Waals surface area contributed by atoms with Gasteiger partial charge in [-0.25, -0.2) is 4.79 Å². The number of hydrogen-bond acceptors (Lipinski definition) is 3. The predicted molar refractivity (Wildman–Crippen MR) is 45.1 cm³/mol. The van der Waals surface area contributed by atoms with Gasteiger partial charge >= 0.3 is 5.97 Å². The van der Waals surface area contributed by atoms with E-state index in [4.69, 9.17) is 10.8 Å². The van der Waals surface area contributed by atoms with Crippen LogP contribution in [0.1, 0.15) is 10.4 Å². The average Bonchev–Trinajstić information content (AvgIpc) is 1.85. The second-order valence-corrected chi connectivity index (χ2v) is 2.59. The fourth-order valence-electron chi connectivity index (χ4n) is 0.745. The second kappa shape index (κ2) is 2.84. The van der Waals surface area contributed by atoms with Crippen LogP contribution in [0.15, 0.2) is 23.1 Å². The van der Waals surface area contributed by atoms with Gasteiger partial charge in [0.05, 0.1) is 5.56 Å². The molecular formula is C7H7NO2S. The fourth-order valence-corrected chi connectivity index (χ4v) is 0.959. The molecule has 0 unspecified atom stereocenters. The highest BCUT2D eigenvalue weighted by Crippen LogP contribution is 2.16. The summed E-state index contributed by atoms with van der Waals surface area (Å²) in [5.74, 6) is -1.02. The first kappa shape index (κ1) is 7.94. The van der Waals surface area contributed by atoms with E-state index in [0.717, 1.165) is 0 Å². The lowest BCUT2D eigenvalue weighted by molar-refractivity contribution is 0.0698. The zero-order valence-corrected chi connectivity index (χ0v) is 6.51. The van der Waals surface area contributed by atoms with Crippen LogP contribution in [0.4, 0.5) is 5.69 Å². The van der Waals surface area contributed by atoms with Gasteiger partial charge in [0, 0.05) is 10.6 Å². The van der Waals surface area contributed by atoms with Crippen LogP contribution >= 0.6 is 12.6 Å². The Morgan fingerprint density at radius 1 is 1.55 bits per heavy atom. The third-order valence-corrected chi connectivity index (χ3v) is 1.54. The molecule has 11 heavy (non-hydrogen) atoms. The van der Waals surface area contributed by atoms with Gasteiger partial charge in [-0.2, -0.15) is 0 Å². The first-order valence-electron chi connectivity index (χ1n) is 2.93. The van der Waals surface area contributed by atoms with Gasteiger partial charge in [-0.3, -0.25) is 0 Å². The Bertz CT molecular complexity index is 298. The first-order chi connectivity index (χ1) is 5.11. The van der Waals surface area contributed by atoms with Crippen molar-refractivity contribution >= 4 is 24.3 Å². The van der Waals surface area contributed by atoms with E-state index in [0.29, 0.717) is 4.90 Å². The Morgan fingerprint density at radius 3 is 2.64 bits per heavy atom. The quantitative estimate of drug-likeness (QED) is 0.438. The predicted octanol–water partition coefficient (Wildman–Crippen LogP) is 1.26. The molecule has 0 amide bonds. The van der Waals surface area contributed by atoms with Crippen LogP contribution in [0.5, 0.6) is 0 Å². The van der Waals surface area contributed by atoms with Crippen molar-refractivity contribution in [2.24, 2.45) is 0 Å². The van der Waals surface area contributed by atoms with Crippen LogP contribution in [0.25, 0.3) is 0 Å². The molecule has 0 radical (unpaired) electrons. The molecule has 1 aromatic carbocycles. The molecule has 0 aliphatic rings. The summed E-state index contributed by atoms with van der Waals surface area (Å²) in [7, 11) is 0. The molecule has 0 bridgehead atoms. The molecule has 0 atom stereocenters. The van der Waals surface area contributed by atoms with E-state index in [1.54, 1.807) is 6.07 Å². The highest BCUT2D eigenvalue weighted by Gasteiger charge is 2.05. The number of thiol groups is 1. The highest BCUT2D eigenvalue weighted by molar-refractivity contribution is 7.80. The monoisotopic (exact) mass is 169 g/mol. The van der Waals surface area contributed by atoms with E-state index in [2.05, 4.69) is 12.6 Å². The standard InChI is InChI=1S/C7H7NO2S/c8-6-3-4(11)1-2-5(6)7(9)10/h1-3,11H,8H2,(H,9,10). The number of carbonyl (C=O) groups is 1. The molecule has 1 rings (SSSR count). The minimum absolute atomic E-state index is 0.114. The van der Waals surface area contributed by atoms with Crippen molar-refractivity contribution in [1.82, 2.24) is 0 Å². The summed E-state index contributed by atoms with van der Waals surface area (Å²) in [6.07, 6.45) is 0. The van der Waals surface area contributed by atoms with Gasteiger partial charge in [0.2, 0.25) is 0 Å². The molecule has 3 N–H and O–H groups in total. The Labute approximate surface area is 69.2 Å². The summed E-state index contributed by atoms with van der Waals surface area (Å²) in [4.78, 5) is 11.1. The Balaban J connectivity index is 3.20. The minimum Gasteiger partial charge on any atom is -0.478 e. The molecule has 0 heterocycles. The lowest BCUT2D eigenvalue weighted by Gasteiger charge is -1.99. The molecule has 0 fully saturated rings. The van der Waals surface area contributed by atoms with E-state index >= 15 is 0 Å². The van der Waals surface area contributed by atoms with Crippen molar-refractivity contribution in [3.63, 3.8) is 0 Å². The van der Waals surface area contributed by atoms with Gasteiger partial charge in [-0.1, -0.05) is 0 Å². The number of nitrogens with two attached hydrogens (primary N) is 1. The zero-order valence-electron chi connectivity index (χ0n) is 5.61. The maximum absolute atomic E-state index is 10.4. The van der Waals surface area contributed by atoms with Gasteiger partial charge in [0.25, 0.3) is 0 Å². The van der Waals surface area contributed by atoms with Crippen LogP contribution in [0.2, 0.25) is 0 Å². The minimum atomic E-state index is -1.02. The van der Waals surface area contributed by atoms with Gasteiger partial charge in [0.1, 0.15) is 0 Å². The topological polar surface area (TPSA) is 63.3 Å². The molecular weight excluding hydrogens is 162 g/mol. The van der Waals surface area contributed by atoms with Gasteiger partial charge in [0.15, 0.2) is 0 Å². The van der Waals surface area contributed by atoms with Crippen LogP contribution in [-0.2, 0) is 0 Å². The summed E-state index contributed by atoms with van der Waals surface area (Å²) >= 11 is 4.00. The molecule has 58 valence electrons. The molecule has 3 nitrogen and oxygen atoms in total. The summed E-state index contributed by atoms with van der Waals surface area (Å²) in [6.45, 7) is 0. The Kier molecular flexibility index (Phi) is 2.05. The van der Waals surface area contributed by atoms with E-state index in [9.17, 15) is 4.79 Å². The SMILES string of the molecule is Nc1cc(S)ccc1C(=O)O. The summed E-state index contributed by atoms with van der Waals surface area (Å²) in [5.41, 5.74) is 5.75. The van der Waals surface area contributed by atoms with Crippen molar-refractivity contribution < 1.29 is 9.90 Å². The number of hydrogen-bond donors (Lipinski definition) is 3. The van der Waals surface area contributed by atoms with E-state index < -0.39 is 5.97 Å². The molecule has 1 aromatic rings. The number of carboxylic acid groups (broad SMARTS) is 1. The molecule has 0 aromatic heterocycles. The lowest BCUT2D eigenvalue weighted by atomic mass is 10.2. The number of benzene rings is 1. The first-order valence-corrected chi connectivity index (χ1v) is 3.38. The number of aromatic carboxylic acids is 1. The average molecular weight is 169 g/mol. The summed E-state index contributed by atoms with van der Waals surface area (Å²) < 4.78 is 0. The largest absolute Gasteiger partial charge is 0.478 e. The maximum atomic E-state index is 10.4. The maximum Gasteiger partial charge on any atom is 0.337 e. The number of rotatable bonds is 1. The molecule has 0 aliphatic heterocycles. The van der Waals surface area contributed by atoms with Crippen LogP contribution in [0, 0.1) is 0 Å². The van der Waals surface area contributed by atoms with Crippen molar-refractivity contribution in [1.29, 1.82) is 0 Å². The van der Waals surface area contributed by atoms with Gasteiger partial charge < -0.3 is 10.8 Å². The molecule has 0 saturated heterocycles. The van der Waals surface area contributed by atoms with Crippen LogP contribution in [0.3, 0.4) is 0 Å². The van der Waals surface area contributed by atoms with E-state index in [1.165, 1.54) is 12.1 Å². The lowest BCUT2D eigenvalue weighted by Crippen LogP contribution is -2.01. The molecule has 0 saturated carbocycles. The number of carboxylic acids is 1. The zero-order chi connectivity index (χ0) is 8.43. The number of nitrogen functional groups attached to an aromatic ring is 1. The van der Waals surface area contributed by atoms with Gasteiger partial charge in [-0.15, -0.1) is 12.6 Å². The van der Waals surface area contributed by atoms with Crippen LogP contribution in [-0.4, -0.2) is 11.1 Å². The third kappa shape index (κ3) is 1.65. The Morgan fingerprint density at radius 2 is 2.18 bits per heavy atom. The van der Waals surface area contributed by atoms with E-state index in [-0.39, 0.29) is 11.3 Å². The smallest absolute Gasteiger partial charge is 0.337 e. The number of anilines is 1. The van der Waals surface area contributed by atoms with E-state index in [1.807, 2.05) is 0 Å². The Hall–Kier alpha value is -1.16. The second-order valence-electron chi connectivity index (χ2n) is 2.08. The van der Waals surface area contributed by atoms with Crippen molar-refractivity contribution in [3.8, 4) is 0 Å².